The van der Waals surface area contributed by atoms with Crippen molar-refractivity contribution >= 4 is 12.4 Å². The summed E-state index contributed by atoms with van der Waals surface area (Å²) in [6.07, 6.45) is 4.89. The highest BCUT2D eigenvalue weighted by molar-refractivity contribution is 5.74. The van der Waals surface area contributed by atoms with E-state index in [9.17, 15) is 9.59 Å². The number of hydrogen-bond donors (Lipinski definition) is 0. The molecule has 0 aromatic rings. The lowest BCUT2D eigenvalue weighted by Crippen LogP contribution is -2.58. The summed E-state index contributed by atoms with van der Waals surface area (Å²) >= 11 is 0. The van der Waals surface area contributed by atoms with Crippen molar-refractivity contribution in [2.75, 3.05) is 27.2 Å². The van der Waals surface area contributed by atoms with E-state index in [1.54, 1.807) is 14.1 Å². The first kappa shape index (κ1) is 10.2. The summed E-state index contributed by atoms with van der Waals surface area (Å²) in [7, 11) is 3.35. The number of amides is 3. The van der Waals surface area contributed by atoms with Crippen LogP contribution in [0.3, 0.4) is 0 Å². The zero-order valence-corrected chi connectivity index (χ0v) is 8.25. The van der Waals surface area contributed by atoms with E-state index in [4.69, 9.17) is 0 Å². The summed E-state index contributed by atoms with van der Waals surface area (Å²) in [5.74, 6) is 0. The Morgan fingerprint density at radius 2 is 1.77 bits per heavy atom. The molecule has 1 rings (SSSR count). The summed E-state index contributed by atoms with van der Waals surface area (Å²) in [5.41, 5.74) is 0. The molecule has 1 aliphatic rings. The number of rotatable bonds is 1. The van der Waals surface area contributed by atoms with E-state index < -0.39 is 0 Å². The van der Waals surface area contributed by atoms with Crippen molar-refractivity contribution in [3.63, 3.8) is 0 Å². The summed E-state index contributed by atoms with van der Waals surface area (Å²) in [4.78, 5) is 24.0. The zero-order chi connectivity index (χ0) is 9.90. The minimum absolute atomic E-state index is 0.132. The van der Waals surface area contributed by atoms with Crippen molar-refractivity contribution in [1.29, 1.82) is 0 Å². The van der Waals surface area contributed by atoms with Crippen molar-refractivity contribution < 1.29 is 14.1 Å². The highest BCUT2D eigenvalue weighted by Gasteiger charge is 2.41. The molecule has 0 bridgehead atoms. The highest BCUT2D eigenvalue weighted by Crippen LogP contribution is 2.18. The van der Waals surface area contributed by atoms with E-state index in [-0.39, 0.29) is 10.5 Å². The number of carbonyl (C=O) groups is 1. The standard InChI is InChI=1S/C9H16N2O2/c1-10(2)9(13)11(8-12)6-4-3-5-7-11/h3-7H2,1-2H3/q+1. The first-order valence-electron chi connectivity index (χ1n) is 4.61. The Morgan fingerprint density at radius 1 is 1.23 bits per heavy atom. The first-order valence-corrected chi connectivity index (χ1v) is 4.61. The second-order valence-electron chi connectivity index (χ2n) is 3.74. The van der Waals surface area contributed by atoms with E-state index in [0.717, 1.165) is 19.3 Å². The van der Waals surface area contributed by atoms with Gasteiger partial charge in [-0.2, -0.15) is 4.48 Å². The van der Waals surface area contributed by atoms with Crippen LogP contribution in [0.4, 0.5) is 4.79 Å². The molecule has 0 aromatic carbocycles. The van der Waals surface area contributed by atoms with E-state index in [0.29, 0.717) is 13.1 Å². The summed E-state index contributed by atoms with van der Waals surface area (Å²) in [6, 6.07) is -0.144. The molecule has 1 radical (unpaired) electrons. The number of nitrogens with zero attached hydrogens (tertiary/aromatic N) is 2. The van der Waals surface area contributed by atoms with Gasteiger partial charge in [-0.15, -0.1) is 0 Å². The third kappa shape index (κ3) is 1.88. The van der Waals surface area contributed by atoms with Crippen LogP contribution in [-0.4, -0.2) is 49.0 Å². The molecule has 73 valence electrons. The van der Waals surface area contributed by atoms with Gasteiger partial charge in [0.05, 0.1) is 13.1 Å². The van der Waals surface area contributed by atoms with Gasteiger partial charge in [0, 0.05) is 14.1 Å². The smallest absolute Gasteiger partial charge is 0.298 e. The Morgan fingerprint density at radius 3 is 2.15 bits per heavy atom. The Bertz CT molecular complexity index is 208. The van der Waals surface area contributed by atoms with Gasteiger partial charge in [-0.25, -0.2) is 9.59 Å². The van der Waals surface area contributed by atoms with Crippen molar-refractivity contribution in [3.05, 3.63) is 0 Å². The zero-order valence-electron chi connectivity index (χ0n) is 8.25. The number of carbonyl (C=O) groups excluding carboxylic acids is 2. The molecular formula is C9H16N2O2+. The van der Waals surface area contributed by atoms with Crippen LogP contribution in [0, 0.1) is 0 Å². The summed E-state index contributed by atoms with van der Waals surface area (Å²) in [6.45, 7) is 1.22. The summed E-state index contributed by atoms with van der Waals surface area (Å²) < 4.78 is -0.132. The molecule has 13 heavy (non-hydrogen) atoms. The van der Waals surface area contributed by atoms with Gasteiger partial charge < -0.3 is 0 Å². The van der Waals surface area contributed by atoms with E-state index in [2.05, 4.69) is 0 Å². The Balaban J connectivity index is 2.78. The van der Waals surface area contributed by atoms with Gasteiger partial charge in [0.2, 0.25) is 0 Å². The molecule has 0 aliphatic carbocycles. The lowest BCUT2D eigenvalue weighted by atomic mass is 10.1. The minimum Gasteiger partial charge on any atom is -0.298 e. The molecule has 1 fully saturated rings. The Labute approximate surface area is 78.7 Å². The molecule has 4 heteroatoms. The largest absolute Gasteiger partial charge is 0.452 e. The van der Waals surface area contributed by atoms with Gasteiger partial charge in [-0.05, 0) is 19.3 Å². The lowest BCUT2D eigenvalue weighted by Gasteiger charge is -2.32. The predicted molar refractivity (Wildman–Crippen MR) is 48.6 cm³/mol. The van der Waals surface area contributed by atoms with E-state index >= 15 is 0 Å². The molecule has 0 unspecified atom stereocenters. The number of hydrogen-bond acceptors (Lipinski definition) is 2. The highest BCUT2D eigenvalue weighted by atomic mass is 16.2. The maximum absolute atomic E-state index is 11.7. The number of piperidine rings is 1. The minimum atomic E-state index is -0.144. The molecular weight excluding hydrogens is 168 g/mol. The maximum atomic E-state index is 11.7. The van der Waals surface area contributed by atoms with Crippen LogP contribution >= 0.6 is 0 Å². The van der Waals surface area contributed by atoms with Crippen LogP contribution in [-0.2, 0) is 4.79 Å². The van der Waals surface area contributed by atoms with Gasteiger partial charge in [-0.3, -0.25) is 4.90 Å². The third-order valence-electron chi connectivity index (χ3n) is 2.50. The molecule has 0 saturated carbocycles. The fraction of sp³-hybridized carbons (Fsp3) is 0.778. The third-order valence-corrected chi connectivity index (χ3v) is 2.50. The van der Waals surface area contributed by atoms with Gasteiger partial charge in [0.25, 0.3) is 0 Å². The average Bonchev–Trinajstić information content (AvgIpc) is 2.17. The maximum Gasteiger partial charge on any atom is 0.452 e. The normalized spacial score (nSPS) is 20.8. The van der Waals surface area contributed by atoms with Crippen molar-refractivity contribution in [3.8, 4) is 0 Å². The van der Waals surface area contributed by atoms with Crippen molar-refractivity contribution in [2.24, 2.45) is 0 Å². The lowest BCUT2D eigenvalue weighted by molar-refractivity contribution is -0.765. The second kappa shape index (κ2) is 3.87. The van der Waals surface area contributed by atoms with Crippen molar-refractivity contribution in [2.45, 2.75) is 19.3 Å². The number of likely N-dealkylation sites (tertiary alicyclic amines) is 1. The van der Waals surface area contributed by atoms with Crippen LogP contribution in [0.1, 0.15) is 19.3 Å². The van der Waals surface area contributed by atoms with Gasteiger partial charge in [-0.1, -0.05) is 0 Å². The fourth-order valence-electron chi connectivity index (χ4n) is 1.76. The molecule has 3 amide bonds. The molecule has 1 heterocycles. The number of quaternary nitrogens is 1. The molecule has 0 atom stereocenters. The van der Waals surface area contributed by atoms with Crippen LogP contribution in [0.5, 0.6) is 0 Å². The van der Waals surface area contributed by atoms with Gasteiger partial charge in [0.15, 0.2) is 0 Å². The molecule has 1 aliphatic heterocycles. The van der Waals surface area contributed by atoms with Gasteiger partial charge >= 0.3 is 12.4 Å². The van der Waals surface area contributed by atoms with Crippen LogP contribution in [0.2, 0.25) is 0 Å². The summed E-state index contributed by atoms with van der Waals surface area (Å²) in [5, 5.41) is 0. The average molecular weight is 184 g/mol. The quantitative estimate of drug-likeness (QED) is 0.563. The molecule has 1 saturated heterocycles. The predicted octanol–water partition coefficient (Wildman–Crippen LogP) is 0.736. The van der Waals surface area contributed by atoms with Crippen LogP contribution < -0.4 is 0 Å². The Hall–Kier alpha value is -0.900. The molecule has 0 N–H and O–H groups in total. The molecule has 0 aromatic heterocycles. The van der Waals surface area contributed by atoms with E-state index in [1.807, 2.05) is 6.41 Å². The molecule has 4 nitrogen and oxygen atoms in total. The molecule has 0 spiro atoms. The van der Waals surface area contributed by atoms with Crippen LogP contribution in [0.15, 0.2) is 0 Å². The first-order chi connectivity index (χ1) is 6.12. The Kier molecular flexibility index (Phi) is 3.03. The second-order valence-corrected chi connectivity index (χ2v) is 3.74. The number of urea groups is 1. The van der Waals surface area contributed by atoms with E-state index in [1.165, 1.54) is 4.90 Å². The van der Waals surface area contributed by atoms with Gasteiger partial charge in [0.1, 0.15) is 0 Å². The van der Waals surface area contributed by atoms with Crippen molar-refractivity contribution in [1.82, 2.24) is 4.90 Å². The topological polar surface area (TPSA) is 37.4 Å². The monoisotopic (exact) mass is 184 g/mol. The SMILES string of the molecule is CN(C)C(=O)[N+]1([C]=O)CCCCC1. The van der Waals surface area contributed by atoms with Crippen LogP contribution in [0.25, 0.3) is 0 Å². The fourth-order valence-corrected chi connectivity index (χ4v) is 1.76. The number of imide groups is 1.